The van der Waals surface area contributed by atoms with Gasteiger partial charge in [0.15, 0.2) is 31.5 Å². The van der Waals surface area contributed by atoms with Gasteiger partial charge in [0, 0.05) is 11.3 Å². The van der Waals surface area contributed by atoms with Gasteiger partial charge in [-0.15, -0.1) is 0 Å². The molecule has 0 aromatic heterocycles. The molecule has 9 rings (SSSR count). The maximum absolute atomic E-state index is 11.9. The Kier molecular flexibility index (Phi) is 22.1. The highest BCUT2D eigenvalue weighted by atomic mass is 17.1. The molecule has 5 heterocycles. The maximum Gasteiger partial charge on any atom is 0.222 e. The van der Waals surface area contributed by atoms with E-state index in [1.807, 2.05) is 0 Å². The number of ether oxygens (including phenoxy) is 10. The molecule has 510 valence electrons. The van der Waals surface area contributed by atoms with E-state index < -0.39 is 203 Å². The third-order valence-electron chi connectivity index (χ3n) is 23.0. The second-order valence-corrected chi connectivity index (χ2v) is 28.8. The van der Waals surface area contributed by atoms with Crippen LogP contribution in [0.25, 0.3) is 0 Å². The van der Waals surface area contributed by atoms with Gasteiger partial charge in [-0.1, -0.05) is 60.1 Å². The molecule has 0 bridgehead atoms. The number of aliphatic hydroxyl groups is 16. The summed E-state index contributed by atoms with van der Waals surface area (Å²) in [5.41, 5.74) is -1.17. The number of allylic oxidation sites excluding steroid dienone is 1. The molecule has 0 radical (unpaired) electrons. The minimum atomic E-state index is -1.91. The summed E-state index contributed by atoms with van der Waals surface area (Å²) in [6.07, 6.45) is -31.1. The highest BCUT2D eigenvalue weighted by Gasteiger charge is 2.68. The summed E-state index contributed by atoms with van der Waals surface area (Å²) in [6.45, 7) is 16.0. The van der Waals surface area contributed by atoms with Crippen molar-refractivity contribution in [2.45, 2.75) is 286 Å². The molecule has 5 saturated heterocycles. The fraction of sp³-hybridized carbons (Fsp3) is 0.967. The second-order valence-electron chi connectivity index (χ2n) is 28.8. The molecule has 34 atom stereocenters. The minimum Gasteiger partial charge on any atom is -0.394 e. The topological polar surface area (TPSA) is 445 Å². The lowest BCUT2D eigenvalue weighted by Crippen LogP contribution is -2.65. The van der Waals surface area contributed by atoms with E-state index in [0.29, 0.717) is 18.8 Å². The smallest absolute Gasteiger partial charge is 0.222 e. The zero-order valence-electron chi connectivity index (χ0n) is 51.8. The van der Waals surface area contributed by atoms with Crippen LogP contribution in [-0.4, -0.2) is 279 Å². The van der Waals surface area contributed by atoms with Crippen LogP contribution in [0.4, 0.5) is 0 Å². The quantitative estimate of drug-likeness (QED) is 0.0336. The van der Waals surface area contributed by atoms with Gasteiger partial charge in [-0.2, -0.15) is 0 Å². The Morgan fingerprint density at radius 3 is 1.66 bits per heavy atom. The van der Waals surface area contributed by atoms with Crippen molar-refractivity contribution in [2.75, 3.05) is 26.4 Å². The first-order chi connectivity index (χ1) is 41.2. The van der Waals surface area contributed by atoms with Crippen LogP contribution in [0.1, 0.15) is 120 Å². The van der Waals surface area contributed by atoms with Crippen molar-refractivity contribution in [3.63, 3.8) is 0 Å². The summed E-state index contributed by atoms with van der Waals surface area (Å²) >= 11 is 0. The molecule has 5 aliphatic heterocycles. The lowest BCUT2D eigenvalue weighted by molar-refractivity contribution is -0.430. The normalized spacial score (nSPS) is 51.4. The Morgan fingerprint density at radius 1 is 0.545 bits per heavy atom. The first kappa shape index (κ1) is 70.9. The Morgan fingerprint density at radius 2 is 1.06 bits per heavy atom. The summed E-state index contributed by atoms with van der Waals surface area (Å²) < 4.78 is 59.6. The van der Waals surface area contributed by atoms with Crippen LogP contribution in [0, 0.1) is 51.2 Å². The summed E-state index contributed by atoms with van der Waals surface area (Å²) in [4.78, 5) is 4.07. The number of hydrogen-bond acceptors (Lipinski definition) is 28. The summed E-state index contributed by atoms with van der Waals surface area (Å²) in [5, 5.41) is 182. The lowest BCUT2D eigenvalue weighted by atomic mass is 9.39. The summed E-state index contributed by atoms with van der Waals surface area (Å²) in [7, 11) is 0. The Hall–Kier alpha value is -1.38. The largest absolute Gasteiger partial charge is 0.394 e. The average Bonchev–Trinajstić information content (AvgIpc) is 2.12. The molecule has 0 aromatic carbocycles. The molecule has 0 aromatic rings. The zero-order valence-corrected chi connectivity index (χ0v) is 51.8. The fourth-order valence-electron chi connectivity index (χ4n) is 17.0. The van der Waals surface area contributed by atoms with Crippen molar-refractivity contribution in [3.05, 3.63) is 11.6 Å². The standard InChI is InChI=1S/C60H102O28/c1-24(10-14-35(57(5,6)76)85-55-49(86-53-47(74)41(68)38(65)30(21-62)81-53)44(71)40(67)32(83-55)23-78-50-37(64)25(2)36(63)29(20-61)80-50)26-16-17-60(9)33-13-11-27-28(58(33,7)18-19-59(26,60)8)12-15-34(56(27,3)4)84-52-46(73)42(69)39(66)31(82-52)22-79-51-45(72)43(70)48(75)54(87-51)88-77/h11,24-26,28-55,61-77H,10,12-23H2,1-9H3/t24-,25+,26?,28?,29-,30+,31-,32-,33?,34+,35-,36+,37-,38+,39-,40-,41-,42+,43-,44+,45-,46-,47+,48+,49-,50-,51-,52+,53-,54-,55+,58+,59-,60+/m1/s1. The van der Waals surface area contributed by atoms with Crippen LogP contribution >= 0.6 is 0 Å². The van der Waals surface area contributed by atoms with E-state index in [1.54, 1.807) is 20.8 Å². The molecule has 0 amide bonds. The highest BCUT2D eigenvalue weighted by Crippen LogP contribution is 2.75. The lowest BCUT2D eigenvalue weighted by Gasteiger charge is -2.66. The first-order valence-electron chi connectivity index (χ1n) is 31.5. The molecule has 88 heavy (non-hydrogen) atoms. The van der Waals surface area contributed by atoms with Crippen molar-refractivity contribution in [1.82, 2.24) is 0 Å². The van der Waals surface area contributed by atoms with Gasteiger partial charge in [0.25, 0.3) is 0 Å². The van der Waals surface area contributed by atoms with Gasteiger partial charge in [0.05, 0.1) is 50.3 Å². The number of rotatable bonds is 20. The molecule has 28 nitrogen and oxygen atoms in total. The highest BCUT2D eigenvalue weighted by molar-refractivity contribution is 5.30. The molecular weight excluding hydrogens is 1170 g/mol. The van der Waals surface area contributed by atoms with Crippen molar-refractivity contribution in [2.24, 2.45) is 51.2 Å². The number of hydrogen-bond donors (Lipinski definition) is 17. The molecule has 3 saturated carbocycles. The van der Waals surface area contributed by atoms with Crippen molar-refractivity contribution < 1.29 is 139 Å². The fourth-order valence-corrected chi connectivity index (χ4v) is 17.0. The van der Waals surface area contributed by atoms with Gasteiger partial charge < -0.3 is 129 Å². The van der Waals surface area contributed by atoms with E-state index in [9.17, 15) is 81.7 Å². The maximum atomic E-state index is 11.9. The van der Waals surface area contributed by atoms with Crippen LogP contribution in [0.2, 0.25) is 0 Å². The molecule has 17 N–H and O–H groups in total. The molecule has 8 fully saturated rings. The van der Waals surface area contributed by atoms with Crippen molar-refractivity contribution >= 4 is 0 Å². The number of aliphatic hydroxyl groups excluding tert-OH is 15. The van der Waals surface area contributed by atoms with Crippen LogP contribution < -0.4 is 0 Å². The van der Waals surface area contributed by atoms with E-state index >= 15 is 0 Å². The third kappa shape index (κ3) is 13.0. The molecule has 28 heteroatoms. The molecular formula is C60H102O28. The Labute approximate surface area is 512 Å². The average molecular weight is 1270 g/mol. The van der Waals surface area contributed by atoms with E-state index in [1.165, 1.54) is 5.57 Å². The molecule has 4 aliphatic carbocycles. The number of fused-ring (bicyclic) bond motifs is 5. The van der Waals surface area contributed by atoms with E-state index in [-0.39, 0.29) is 40.4 Å². The zero-order chi connectivity index (χ0) is 64.7. The van der Waals surface area contributed by atoms with E-state index in [0.717, 1.165) is 38.5 Å². The van der Waals surface area contributed by atoms with Crippen LogP contribution in [0.15, 0.2) is 11.6 Å². The second kappa shape index (κ2) is 27.4. The summed E-state index contributed by atoms with van der Waals surface area (Å²) in [5.74, 6) is 0.0691. The van der Waals surface area contributed by atoms with Crippen LogP contribution in [-0.2, 0) is 52.3 Å². The molecule has 0 spiro atoms. The van der Waals surface area contributed by atoms with Crippen molar-refractivity contribution in [3.8, 4) is 0 Å². The van der Waals surface area contributed by atoms with Gasteiger partial charge in [-0.3, -0.25) is 0 Å². The van der Waals surface area contributed by atoms with Crippen LogP contribution in [0.3, 0.4) is 0 Å². The van der Waals surface area contributed by atoms with Gasteiger partial charge in [-0.25, -0.2) is 10.1 Å². The minimum absolute atomic E-state index is 0.0874. The van der Waals surface area contributed by atoms with Gasteiger partial charge in [0.2, 0.25) is 6.29 Å². The Bertz CT molecular complexity index is 2310. The van der Waals surface area contributed by atoms with E-state index in [4.69, 9.17) is 52.6 Å². The van der Waals surface area contributed by atoms with Gasteiger partial charge in [0.1, 0.15) is 104 Å². The van der Waals surface area contributed by atoms with Gasteiger partial charge in [-0.05, 0) is 112 Å². The Balaban J connectivity index is 0.871. The summed E-state index contributed by atoms with van der Waals surface area (Å²) in [6, 6.07) is 0. The third-order valence-corrected chi connectivity index (χ3v) is 23.0. The first-order valence-corrected chi connectivity index (χ1v) is 31.5. The predicted molar refractivity (Wildman–Crippen MR) is 299 cm³/mol. The predicted octanol–water partition coefficient (Wildman–Crippen LogP) is -2.65. The molecule has 9 aliphatic rings. The van der Waals surface area contributed by atoms with E-state index in [2.05, 4.69) is 52.5 Å². The van der Waals surface area contributed by atoms with Crippen molar-refractivity contribution in [1.29, 1.82) is 0 Å². The van der Waals surface area contributed by atoms with Crippen LogP contribution in [0.5, 0.6) is 0 Å². The van der Waals surface area contributed by atoms with Gasteiger partial charge >= 0.3 is 0 Å². The molecule has 3 unspecified atom stereocenters. The monoisotopic (exact) mass is 1270 g/mol. The SMILES string of the molecule is C[C@@H]1[C@@H](O)[C@H](OC[C@H]2O[C@@H](O[C@H](CC[C@@H](C)C3CC[C@@]4(C)C5CC=C6C(CC[C@H](O[C@@H]7O[C@H](CO[C@@H]8O[C@H](OO)[C@@H](O)[C@H](O)[C@H]8O)[C@@H](O)[C@H](O)[C@H]7O)C6(C)C)[C@]5(C)CC[C@]34C)C(C)(C)O)[C@H](O[C@H]3O[C@@H](CO)[C@H](O)[C@@H](O)[C@@H]3O)[C@@H](O)[C@@H]2O)O[C@H](CO)[C@H]1O.